The number of hydrogen-bond donors (Lipinski definition) is 2. The number of aromatic carboxylic acids is 2. The van der Waals surface area contributed by atoms with Crippen molar-refractivity contribution in [2.75, 3.05) is 20.7 Å². The number of hydrazone groups is 2. The average molecular weight is 1100 g/mol. The van der Waals surface area contributed by atoms with Gasteiger partial charge in [-0.05, 0) is 121 Å². The van der Waals surface area contributed by atoms with Crippen molar-refractivity contribution < 1.29 is 178 Å². The molecule has 6 aromatic rings. The van der Waals surface area contributed by atoms with Crippen molar-refractivity contribution >= 4 is 95.6 Å². The Kier molecular flexibility index (Phi) is 22.1. The molecule has 4 amide bonds. The Morgan fingerprint density at radius 3 is 1.09 bits per heavy atom. The zero-order valence-corrected chi connectivity index (χ0v) is 50.7. The van der Waals surface area contributed by atoms with Gasteiger partial charge >= 0.3 is 124 Å². The number of azo groups is 2. The first-order valence-corrected chi connectivity index (χ1v) is 23.7. The van der Waals surface area contributed by atoms with Crippen LogP contribution in [0.25, 0.3) is 22.3 Å². The SMILES string of the molecule is CC1=NN(c2ccc(-c3ccc(NC(=O)Nc4ccc(-c5ccc(N6N=C(C)C(N=Nc7ccc(S(=O)(=O)[O-])cc7C(=O)[O-])C6=O)cc5)cc4)cc3)cc2)C(=O)C1N=Nc1ccc(S(=O)(=O)[O-])cc1C(=O)[O-].[Na+].[Na+].[Na+].[Na+]. The summed E-state index contributed by atoms with van der Waals surface area (Å²) in [5.41, 5.74) is 3.34. The predicted octanol–water partition coefficient (Wildman–Crippen LogP) is -7.03. The topological polar surface area (TPSA) is 351 Å². The number of benzene rings is 6. The molecule has 0 aromatic heterocycles. The van der Waals surface area contributed by atoms with E-state index in [-0.39, 0.29) is 141 Å². The molecule has 2 aliphatic rings. The van der Waals surface area contributed by atoms with Crippen LogP contribution in [0.1, 0.15) is 34.6 Å². The molecule has 76 heavy (non-hydrogen) atoms. The number of hydrogen-bond acceptors (Lipinski definition) is 19. The number of amides is 4. The first-order valence-electron chi connectivity index (χ1n) is 20.9. The van der Waals surface area contributed by atoms with E-state index in [4.69, 9.17) is 0 Å². The van der Waals surface area contributed by atoms with E-state index in [0.717, 1.165) is 56.5 Å². The molecule has 0 fully saturated rings. The van der Waals surface area contributed by atoms with Gasteiger partial charge in [0, 0.05) is 22.5 Å². The predicted molar refractivity (Wildman–Crippen MR) is 252 cm³/mol. The van der Waals surface area contributed by atoms with Gasteiger partial charge in [0.25, 0.3) is 11.8 Å². The molecule has 0 radical (unpaired) electrons. The fourth-order valence-corrected chi connectivity index (χ4v) is 8.20. The van der Waals surface area contributed by atoms with Crippen molar-refractivity contribution in [1.82, 2.24) is 0 Å². The quantitative estimate of drug-likeness (QED) is 0.0583. The van der Waals surface area contributed by atoms with Gasteiger partial charge in [-0.2, -0.15) is 40.7 Å². The van der Waals surface area contributed by atoms with E-state index in [1.54, 1.807) is 97.1 Å². The maximum absolute atomic E-state index is 13.3. The van der Waals surface area contributed by atoms with E-state index in [0.29, 0.717) is 34.9 Å². The third-order valence-corrected chi connectivity index (χ3v) is 12.5. The van der Waals surface area contributed by atoms with Gasteiger partial charge in [-0.25, -0.2) is 21.6 Å². The van der Waals surface area contributed by atoms with Crippen LogP contribution in [0.3, 0.4) is 0 Å². The van der Waals surface area contributed by atoms with Crippen LogP contribution in [-0.2, 0) is 29.8 Å². The van der Waals surface area contributed by atoms with Gasteiger partial charge in [0.05, 0.1) is 55.9 Å². The normalized spacial score (nSPS) is 15.2. The molecule has 2 unspecified atom stereocenters. The number of carbonyl (C=O) groups is 5. The minimum absolute atomic E-state index is 0. The monoisotopic (exact) mass is 1100 g/mol. The molecule has 0 saturated carbocycles. The molecule has 0 aliphatic carbocycles. The van der Waals surface area contributed by atoms with E-state index >= 15 is 0 Å². The second-order valence-corrected chi connectivity index (χ2v) is 18.4. The second-order valence-electron chi connectivity index (χ2n) is 15.7. The molecule has 2 heterocycles. The van der Waals surface area contributed by atoms with E-state index in [9.17, 15) is 60.1 Å². The summed E-state index contributed by atoms with van der Waals surface area (Å²) in [6, 6.07) is 29.6. The van der Waals surface area contributed by atoms with E-state index < -0.39 is 83.0 Å². The van der Waals surface area contributed by atoms with Crippen molar-refractivity contribution in [1.29, 1.82) is 0 Å². The Morgan fingerprint density at radius 2 is 0.803 bits per heavy atom. The molecule has 2 N–H and O–H groups in total. The summed E-state index contributed by atoms with van der Waals surface area (Å²) in [7, 11) is -9.91. The molecule has 0 spiro atoms. The third-order valence-electron chi connectivity index (χ3n) is 10.9. The van der Waals surface area contributed by atoms with Crippen LogP contribution in [0.15, 0.2) is 174 Å². The first kappa shape index (κ1) is 63.4. The molecule has 2 atom stereocenters. The van der Waals surface area contributed by atoms with Gasteiger partial charge in [0.15, 0.2) is 12.1 Å². The molecule has 8 rings (SSSR count). The summed E-state index contributed by atoms with van der Waals surface area (Å²) < 4.78 is 68.1. The van der Waals surface area contributed by atoms with Gasteiger partial charge in [0.1, 0.15) is 20.2 Å². The average Bonchev–Trinajstić information content (AvgIpc) is 3.80. The molecular weight excluding hydrogens is 1070 g/mol. The molecule has 364 valence electrons. The third kappa shape index (κ3) is 14.7. The number of nitrogens with zero attached hydrogens (tertiary/aromatic N) is 8. The van der Waals surface area contributed by atoms with E-state index in [1.165, 1.54) is 13.8 Å². The molecule has 2 aliphatic heterocycles. The fraction of sp³-hybridized carbons (Fsp3) is 0.0851. The summed E-state index contributed by atoms with van der Waals surface area (Å²) in [6.45, 7) is 3.05. The molecule has 6 aromatic carbocycles. The van der Waals surface area contributed by atoms with Crippen LogP contribution in [-0.4, -0.2) is 79.2 Å². The van der Waals surface area contributed by atoms with Crippen molar-refractivity contribution in [3.8, 4) is 22.3 Å². The van der Waals surface area contributed by atoms with Crippen molar-refractivity contribution in [2.45, 2.75) is 35.7 Å². The second kappa shape index (κ2) is 26.5. The van der Waals surface area contributed by atoms with Gasteiger partial charge < -0.3 is 39.5 Å². The van der Waals surface area contributed by atoms with Gasteiger partial charge in [-0.15, -0.1) is 0 Å². The Bertz CT molecular complexity index is 3360. The number of anilines is 4. The largest absolute Gasteiger partial charge is 1.00 e. The van der Waals surface area contributed by atoms with E-state index in [2.05, 4.69) is 41.3 Å². The van der Waals surface area contributed by atoms with Crippen molar-refractivity contribution in [3.63, 3.8) is 0 Å². The van der Waals surface area contributed by atoms with Crippen molar-refractivity contribution in [2.24, 2.45) is 30.7 Å². The Labute approximate surface area is 521 Å². The van der Waals surface area contributed by atoms with Gasteiger partial charge in [-0.1, -0.05) is 48.5 Å². The van der Waals surface area contributed by atoms with Crippen LogP contribution in [0.2, 0.25) is 0 Å². The summed E-state index contributed by atoms with van der Waals surface area (Å²) in [5.74, 6) is -4.79. The minimum atomic E-state index is -4.96. The van der Waals surface area contributed by atoms with Crippen molar-refractivity contribution in [3.05, 3.63) is 145 Å². The summed E-state index contributed by atoms with van der Waals surface area (Å²) >= 11 is 0. The zero-order valence-electron chi connectivity index (χ0n) is 41.1. The maximum Gasteiger partial charge on any atom is 1.00 e. The van der Waals surface area contributed by atoms with Gasteiger partial charge in [0.2, 0.25) is 0 Å². The molecule has 0 bridgehead atoms. The summed E-state index contributed by atoms with van der Waals surface area (Å²) in [5, 5.41) is 55.1. The van der Waals surface area contributed by atoms with Crippen LogP contribution in [0.4, 0.5) is 38.9 Å². The van der Waals surface area contributed by atoms with Crippen LogP contribution in [0.5, 0.6) is 0 Å². The summed E-state index contributed by atoms with van der Waals surface area (Å²) in [6.07, 6.45) is 0. The van der Waals surface area contributed by atoms with Crippen LogP contribution in [0, 0.1) is 0 Å². The maximum atomic E-state index is 13.3. The van der Waals surface area contributed by atoms with Crippen LogP contribution >= 0.6 is 0 Å². The molecule has 23 nitrogen and oxygen atoms in total. The van der Waals surface area contributed by atoms with E-state index in [1.807, 2.05) is 0 Å². The fourth-order valence-electron chi connectivity index (χ4n) is 7.21. The number of carboxylic acid groups (broad SMARTS) is 2. The number of carboxylic acids is 2. The molecule has 29 heteroatoms. The Balaban J connectivity index is 0.00000312. The Hall–Kier alpha value is -5.17. The number of rotatable bonds is 14. The first-order chi connectivity index (χ1) is 34.1. The summed E-state index contributed by atoms with van der Waals surface area (Å²) in [4.78, 5) is 61.1. The molecular formula is C47H32N10Na4O13S2. The standard InChI is InChI=1S/C47H36N10O13S2.4Na/c1-25-41(52-50-39-21-19-35(71(65,66)67)23-37(39)45(60)61)43(58)56(54-25)33-15-7-29(8-16-33)27-3-11-31(12-4-27)48-47(64)49-32-13-5-28(6-14-32)30-9-17-34(18-10-30)57-44(59)42(26(2)55-57)53-51-40-22-20-36(72(68,69)70)24-38(40)46(62)63;;;;/h3-24,41-42H,1-2H3,(H,60,61)(H,62,63)(H2,48,49,64)(H,65,66,67)(H,68,69,70);;;;/q;4*+1/p-4. The zero-order chi connectivity index (χ0) is 51.6. The smallest absolute Gasteiger partial charge is 0.744 e. The minimum Gasteiger partial charge on any atom is -0.744 e. The number of nitrogens with one attached hydrogen (secondary N) is 2. The number of urea groups is 1. The van der Waals surface area contributed by atoms with Crippen LogP contribution < -0.4 is 149 Å². The molecule has 0 saturated heterocycles. The Morgan fingerprint density at radius 1 is 0.500 bits per heavy atom. The van der Waals surface area contributed by atoms with Gasteiger partial charge in [-0.3, -0.25) is 9.59 Å². The number of carbonyl (C=O) groups excluding carboxylic acids is 5.